The van der Waals surface area contributed by atoms with Crippen molar-refractivity contribution < 1.29 is 18.1 Å². The average Bonchev–Trinajstić information content (AvgIpc) is 2.98. The molecule has 0 amide bonds. The SMILES string of the molecule is CS(=O)(=O)Nc1cc(OC2CC2)ccc1[N+](=O)[O-]. The largest absolute Gasteiger partial charge is 0.490 e. The molecule has 2 rings (SSSR count). The van der Waals surface area contributed by atoms with Crippen LogP contribution in [-0.4, -0.2) is 25.7 Å². The molecule has 1 N–H and O–H groups in total. The van der Waals surface area contributed by atoms with Gasteiger partial charge in [-0.25, -0.2) is 8.42 Å². The monoisotopic (exact) mass is 272 g/mol. The number of nitro groups is 1. The van der Waals surface area contributed by atoms with E-state index in [2.05, 4.69) is 4.72 Å². The van der Waals surface area contributed by atoms with Gasteiger partial charge in [-0.2, -0.15) is 0 Å². The van der Waals surface area contributed by atoms with E-state index >= 15 is 0 Å². The summed E-state index contributed by atoms with van der Waals surface area (Å²) in [5.41, 5.74) is -0.385. The highest BCUT2D eigenvalue weighted by Crippen LogP contribution is 2.33. The number of ether oxygens (including phenoxy) is 1. The van der Waals surface area contributed by atoms with Crippen molar-refractivity contribution in [1.29, 1.82) is 0 Å². The summed E-state index contributed by atoms with van der Waals surface area (Å²) in [4.78, 5) is 10.1. The van der Waals surface area contributed by atoms with E-state index in [1.807, 2.05) is 0 Å². The van der Waals surface area contributed by atoms with E-state index in [0.29, 0.717) is 5.75 Å². The molecule has 18 heavy (non-hydrogen) atoms. The van der Waals surface area contributed by atoms with E-state index in [1.165, 1.54) is 18.2 Å². The Morgan fingerprint density at radius 2 is 2.11 bits per heavy atom. The fourth-order valence-corrected chi connectivity index (χ4v) is 1.97. The van der Waals surface area contributed by atoms with Crippen molar-refractivity contribution in [2.75, 3.05) is 11.0 Å². The Morgan fingerprint density at radius 1 is 1.44 bits per heavy atom. The van der Waals surface area contributed by atoms with Gasteiger partial charge < -0.3 is 4.74 Å². The molecule has 0 aliphatic heterocycles. The summed E-state index contributed by atoms with van der Waals surface area (Å²) >= 11 is 0. The summed E-state index contributed by atoms with van der Waals surface area (Å²) in [6.07, 6.45) is 2.97. The van der Waals surface area contributed by atoms with Gasteiger partial charge in [-0.1, -0.05) is 0 Å². The molecule has 0 bridgehead atoms. The first-order valence-corrected chi connectivity index (χ1v) is 7.17. The van der Waals surface area contributed by atoms with E-state index in [4.69, 9.17) is 4.74 Å². The molecule has 0 spiro atoms. The average molecular weight is 272 g/mol. The molecule has 98 valence electrons. The summed E-state index contributed by atoms with van der Waals surface area (Å²) in [5.74, 6) is 0.425. The summed E-state index contributed by atoms with van der Waals surface area (Å²) in [5, 5.41) is 10.8. The Bertz CT molecular complexity index is 580. The minimum absolute atomic E-state index is 0.0827. The van der Waals surface area contributed by atoms with Crippen molar-refractivity contribution in [3.63, 3.8) is 0 Å². The van der Waals surface area contributed by atoms with Crippen LogP contribution in [0.3, 0.4) is 0 Å². The van der Waals surface area contributed by atoms with Gasteiger partial charge in [0, 0.05) is 12.1 Å². The normalized spacial score (nSPS) is 15.2. The van der Waals surface area contributed by atoms with Crippen LogP contribution in [-0.2, 0) is 10.0 Å². The molecule has 0 heterocycles. The number of hydrogen-bond donors (Lipinski definition) is 1. The van der Waals surface area contributed by atoms with Crippen LogP contribution in [0.15, 0.2) is 18.2 Å². The Hall–Kier alpha value is -1.83. The van der Waals surface area contributed by atoms with Gasteiger partial charge >= 0.3 is 0 Å². The van der Waals surface area contributed by atoms with E-state index in [-0.39, 0.29) is 17.5 Å². The summed E-state index contributed by atoms with van der Waals surface area (Å²) in [6, 6.07) is 4.02. The van der Waals surface area contributed by atoms with Gasteiger partial charge in [0.2, 0.25) is 10.0 Å². The summed E-state index contributed by atoms with van der Waals surface area (Å²) in [6.45, 7) is 0. The first kappa shape index (κ1) is 12.6. The molecule has 0 saturated heterocycles. The number of rotatable bonds is 5. The van der Waals surface area contributed by atoms with Crippen LogP contribution in [0.1, 0.15) is 12.8 Å². The molecule has 1 aliphatic rings. The first-order chi connectivity index (χ1) is 8.35. The maximum Gasteiger partial charge on any atom is 0.293 e. The second kappa shape index (κ2) is 4.45. The fourth-order valence-electron chi connectivity index (χ4n) is 1.41. The Labute approximate surface area is 104 Å². The van der Waals surface area contributed by atoms with E-state index < -0.39 is 14.9 Å². The van der Waals surface area contributed by atoms with Gasteiger partial charge in [-0.15, -0.1) is 0 Å². The third kappa shape index (κ3) is 3.33. The number of anilines is 1. The molecule has 0 aromatic heterocycles. The van der Waals surface area contributed by atoms with Crippen LogP contribution in [0.25, 0.3) is 0 Å². The third-order valence-corrected chi connectivity index (χ3v) is 2.88. The molecule has 7 nitrogen and oxygen atoms in total. The zero-order valence-electron chi connectivity index (χ0n) is 9.62. The second-order valence-corrected chi connectivity index (χ2v) is 5.88. The molecule has 8 heteroatoms. The predicted molar refractivity (Wildman–Crippen MR) is 65.2 cm³/mol. The Kier molecular flexibility index (Phi) is 3.12. The van der Waals surface area contributed by atoms with E-state index in [1.54, 1.807) is 0 Å². The maximum atomic E-state index is 11.1. The molecule has 1 aromatic rings. The smallest absolute Gasteiger partial charge is 0.293 e. The van der Waals surface area contributed by atoms with Crippen molar-refractivity contribution in [2.45, 2.75) is 18.9 Å². The minimum Gasteiger partial charge on any atom is -0.490 e. The zero-order valence-corrected chi connectivity index (χ0v) is 10.4. The molecule has 0 radical (unpaired) electrons. The van der Waals surface area contributed by atoms with Gasteiger partial charge in [0.05, 0.1) is 17.3 Å². The number of nitrogens with zero attached hydrogens (tertiary/aromatic N) is 1. The van der Waals surface area contributed by atoms with E-state index in [9.17, 15) is 18.5 Å². The van der Waals surface area contributed by atoms with Crippen LogP contribution < -0.4 is 9.46 Å². The number of nitrogens with one attached hydrogen (secondary N) is 1. The van der Waals surface area contributed by atoms with Gasteiger partial charge in [0.1, 0.15) is 11.4 Å². The number of hydrogen-bond acceptors (Lipinski definition) is 5. The number of sulfonamides is 1. The lowest BCUT2D eigenvalue weighted by Crippen LogP contribution is -2.11. The quantitative estimate of drug-likeness (QED) is 0.647. The fraction of sp³-hybridized carbons (Fsp3) is 0.400. The molecular weight excluding hydrogens is 260 g/mol. The maximum absolute atomic E-state index is 11.1. The lowest BCUT2D eigenvalue weighted by Gasteiger charge is -2.08. The summed E-state index contributed by atoms with van der Waals surface area (Å²) in [7, 11) is -3.57. The van der Waals surface area contributed by atoms with Crippen molar-refractivity contribution in [3.05, 3.63) is 28.3 Å². The first-order valence-electron chi connectivity index (χ1n) is 5.28. The third-order valence-electron chi connectivity index (χ3n) is 2.29. The van der Waals surface area contributed by atoms with Crippen molar-refractivity contribution in [2.24, 2.45) is 0 Å². The van der Waals surface area contributed by atoms with Gasteiger partial charge in [-0.05, 0) is 18.9 Å². The molecule has 1 aliphatic carbocycles. The van der Waals surface area contributed by atoms with Crippen molar-refractivity contribution in [1.82, 2.24) is 0 Å². The molecule has 0 unspecified atom stereocenters. The van der Waals surface area contributed by atoms with Crippen LogP contribution in [0.2, 0.25) is 0 Å². The second-order valence-electron chi connectivity index (χ2n) is 4.13. The predicted octanol–water partition coefficient (Wildman–Crippen LogP) is 1.51. The lowest BCUT2D eigenvalue weighted by molar-refractivity contribution is -0.383. The Balaban J connectivity index is 2.33. The van der Waals surface area contributed by atoms with Crippen LogP contribution >= 0.6 is 0 Å². The van der Waals surface area contributed by atoms with Crippen molar-refractivity contribution >= 4 is 21.4 Å². The van der Waals surface area contributed by atoms with Crippen LogP contribution in [0, 0.1) is 10.1 Å². The van der Waals surface area contributed by atoms with Gasteiger partial charge in [-0.3, -0.25) is 14.8 Å². The molecule has 0 atom stereocenters. The molecule has 1 saturated carbocycles. The van der Waals surface area contributed by atoms with Crippen molar-refractivity contribution in [3.8, 4) is 5.75 Å². The van der Waals surface area contributed by atoms with Gasteiger partial charge in [0.25, 0.3) is 5.69 Å². The zero-order chi connectivity index (χ0) is 13.3. The van der Waals surface area contributed by atoms with Gasteiger partial charge in [0.15, 0.2) is 0 Å². The lowest BCUT2D eigenvalue weighted by atomic mass is 10.2. The molecular formula is C10H12N2O5S. The van der Waals surface area contributed by atoms with Crippen LogP contribution in [0.5, 0.6) is 5.75 Å². The van der Waals surface area contributed by atoms with E-state index in [0.717, 1.165) is 19.1 Å². The highest BCUT2D eigenvalue weighted by Gasteiger charge is 2.25. The molecule has 1 aromatic carbocycles. The topological polar surface area (TPSA) is 98.5 Å². The number of benzene rings is 1. The number of nitro benzene ring substituents is 1. The minimum atomic E-state index is -3.57. The standard InChI is InChI=1S/C10H12N2O5S/c1-18(15,16)11-9-6-8(17-7-2-3-7)4-5-10(9)12(13)14/h4-7,11H,2-3H2,1H3. The Morgan fingerprint density at radius 3 is 2.61 bits per heavy atom. The van der Waals surface area contributed by atoms with Crippen LogP contribution in [0.4, 0.5) is 11.4 Å². The summed E-state index contributed by atoms with van der Waals surface area (Å²) < 4.78 is 29.9. The molecule has 1 fully saturated rings. The highest BCUT2D eigenvalue weighted by atomic mass is 32.2. The highest BCUT2D eigenvalue weighted by molar-refractivity contribution is 7.92.